The number of anilines is 1. The Morgan fingerprint density at radius 3 is 2.78 bits per heavy atom. The summed E-state index contributed by atoms with van der Waals surface area (Å²) >= 11 is 0. The molecule has 5 heteroatoms. The first-order valence-electron chi connectivity index (χ1n) is 6.21. The van der Waals surface area contributed by atoms with Gasteiger partial charge in [-0.25, -0.2) is 0 Å². The maximum Gasteiger partial charge on any atom is 0.169 e. The first-order chi connectivity index (χ1) is 8.54. The first kappa shape index (κ1) is 14.4. The standard InChI is InChI=1S/C13H21N5/c1-4-7-18(10-13(2,3)9-15)12-11(8-14)5-6-16-17-12/h5-6H,4,7,9-10,15H2,1-3H3. The van der Waals surface area contributed by atoms with Gasteiger partial charge in [0.1, 0.15) is 6.07 Å². The molecule has 1 aromatic heterocycles. The monoisotopic (exact) mass is 247 g/mol. The number of hydrogen-bond acceptors (Lipinski definition) is 5. The van der Waals surface area contributed by atoms with Gasteiger partial charge in [0, 0.05) is 13.1 Å². The molecule has 0 spiro atoms. The van der Waals surface area contributed by atoms with Crippen molar-refractivity contribution in [1.29, 1.82) is 5.26 Å². The number of nitrogens with zero attached hydrogens (tertiary/aromatic N) is 4. The summed E-state index contributed by atoms with van der Waals surface area (Å²) in [6, 6.07) is 3.86. The van der Waals surface area contributed by atoms with E-state index in [0.29, 0.717) is 17.9 Å². The Morgan fingerprint density at radius 2 is 2.22 bits per heavy atom. The molecule has 0 fully saturated rings. The van der Waals surface area contributed by atoms with Gasteiger partial charge in [0.25, 0.3) is 0 Å². The third-order valence-corrected chi connectivity index (χ3v) is 2.79. The summed E-state index contributed by atoms with van der Waals surface area (Å²) in [6.07, 6.45) is 2.53. The minimum Gasteiger partial charge on any atom is -0.353 e. The van der Waals surface area contributed by atoms with Crippen molar-refractivity contribution >= 4 is 5.82 Å². The maximum absolute atomic E-state index is 9.12. The van der Waals surface area contributed by atoms with E-state index in [9.17, 15) is 0 Å². The number of nitrogens with two attached hydrogens (primary N) is 1. The number of aromatic nitrogens is 2. The van der Waals surface area contributed by atoms with E-state index < -0.39 is 0 Å². The predicted molar refractivity (Wildman–Crippen MR) is 72.1 cm³/mol. The number of nitriles is 1. The molecule has 0 aliphatic carbocycles. The smallest absolute Gasteiger partial charge is 0.169 e. The van der Waals surface area contributed by atoms with Crippen molar-refractivity contribution in [2.75, 3.05) is 24.5 Å². The van der Waals surface area contributed by atoms with Crippen LogP contribution in [0.3, 0.4) is 0 Å². The van der Waals surface area contributed by atoms with Gasteiger partial charge in [0.05, 0.1) is 11.8 Å². The van der Waals surface area contributed by atoms with Gasteiger partial charge in [-0.3, -0.25) is 0 Å². The zero-order chi connectivity index (χ0) is 13.6. The van der Waals surface area contributed by atoms with Crippen LogP contribution in [0.1, 0.15) is 32.8 Å². The molecule has 5 nitrogen and oxygen atoms in total. The van der Waals surface area contributed by atoms with Crippen LogP contribution in [0.5, 0.6) is 0 Å². The van der Waals surface area contributed by atoms with Crippen molar-refractivity contribution in [1.82, 2.24) is 10.2 Å². The summed E-state index contributed by atoms with van der Waals surface area (Å²) in [5.74, 6) is 0.656. The maximum atomic E-state index is 9.12. The Labute approximate surface area is 109 Å². The molecular formula is C13H21N5. The highest BCUT2D eigenvalue weighted by Gasteiger charge is 2.22. The van der Waals surface area contributed by atoms with Crippen molar-refractivity contribution in [3.63, 3.8) is 0 Å². The average molecular weight is 247 g/mol. The normalized spacial score (nSPS) is 11.1. The molecule has 18 heavy (non-hydrogen) atoms. The summed E-state index contributed by atoms with van der Waals surface area (Å²) in [5.41, 5.74) is 6.32. The minimum absolute atomic E-state index is 0.0145. The molecule has 2 N–H and O–H groups in total. The lowest BCUT2D eigenvalue weighted by atomic mass is 9.93. The highest BCUT2D eigenvalue weighted by Crippen LogP contribution is 2.22. The molecule has 0 aliphatic rings. The van der Waals surface area contributed by atoms with Crippen molar-refractivity contribution in [2.45, 2.75) is 27.2 Å². The van der Waals surface area contributed by atoms with Crippen molar-refractivity contribution in [2.24, 2.45) is 11.1 Å². The molecule has 0 saturated heterocycles. The summed E-state index contributed by atoms with van der Waals surface area (Å²) < 4.78 is 0. The van der Waals surface area contributed by atoms with Crippen LogP contribution in [-0.4, -0.2) is 29.8 Å². The fraction of sp³-hybridized carbons (Fsp3) is 0.615. The Morgan fingerprint density at radius 1 is 1.50 bits per heavy atom. The summed E-state index contributed by atoms with van der Waals surface area (Å²) in [6.45, 7) is 8.53. The third-order valence-electron chi connectivity index (χ3n) is 2.79. The highest BCUT2D eigenvalue weighted by molar-refractivity contribution is 5.52. The molecule has 0 amide bonds. The van der Waals surface area contributed by atoms with Crippen molar-refractivity contribution in [3.05, 3.63) is 17.8 Å². The molecule has 1 heterocycles. The second-order valence-corrected chi connectivity index (χ2v) is 5.17. The lowest BCUT2D eigenvalue weighted by Gasteiger charge is -2.32. The van der Waals surface area contributed by atoms with Crippen molar-refractivity contribution < 1.29 is 0 Å². The Bertz CT molecular complexity index is 422. The molecule has 0 saturated carbocycles. The number of rotatable bonds is 6. The van der Waals surface area contributed by atoms with Crippen molar-refractivity contribution in [3.8, 4) is 6.07 Å². The topological polar surface area (TPSA) is 78.8 Å². The predicted octanol–water partition coefficient (Wildman–Crippen LogP) is 1.55. The molecule has 0 atom stereocenters. The number of hydrogen-bond donors (Lipinski definition) is 1. The second kappa shape index (κ2) is 6.31. The van der Waals surface area contributed by atoms with Gasteiger partial charge in [-0.1, -0.05) is 20.8 Å². The molecule has 0 aromatic carbocycles. The zero-order valence-corrected chi connectivity index (χ0v) is 11.3. The zero-order valence-electron chi connectivity index (χ0n) is 11.3. The Hall–Kier alpha value is -1.67. The molecule has 0 aliphatic heterocycles. The SMILES string of the molecule is CCCN(CC(C)(C)CN)c1nnccc1C#N. The first-order valence-corrected chi connectivity index (χ1v) is 6.21. The largest absolute Gasteiger partial charge is 0.353 e. The van der Waals surface area contributed by atoms with E-state index in [2.05, 4.69) is 41.9 Å². The van der Waals surface area contributed by atoms with E-state index in [1.165, 1.54) is 0 Å². The third kappa shape index (κ3) is 3.67. The van der Waals surface area contributed by atoms with Gasteiger partial charge >= 0.3 is 0 Å². The Kier molecular flexibility index (Phi) is 5.05. The molecule has 0 unspecified atom stereocenters. The van der Waals surface area contributed by atoms with Crippen LogP contribution in [0.2, 0.25) is 0 Å². The van der Waals surface area contributed by atoms with Gasteiger partial charge in [-0.05, 0) is 24.4 Å². The molecule has 1 rings (SSSR count). The Balaban J connectivity index is 3.01. The van der Waals surface area contributed by atoms with E-state index in [1.807, 2.05) is 0 Å². The van der Waals surface area contributed by atoms with E-state index in [0.717, 1.165) is 19.5 Å². The van der Waals surface area contributed by atoms with Crippen LogP contribution in [0.15, 0.2) is 12.3 Å². The van der Waals surface area contributed by atoms with E-state index in [-0.39, 0.29) is 5.41 Å². The van der Waals surface area contributed by atoms with Crippen LogP contribution in [-0.2, 0) is 0 Å². The molecule has 98 valence electrons. The lowest BCUT2D eigenvalue weighted by molar-refractivity contribution is 0.376. The van der Waals surface area contributed by atoms with Crippen LogP contribution in [0.25, 0.3) is 0 Å². The summed E-state index contributed by atoms with van der Waals surface area (Å²) in [4.78, 5) is 2.10. The molecule has 0 bridgehead atoms. The van der Waals surface area contributed by atoms with Crippen LogP contribution >= 0.6 is 0 Å². The fourth-order valence-electron chi connectivity index (χ4n) is 1.76. The van der Waals surface area contributed by atoms with Gasteiger partial charge in [0.15, 0.2) is 5.82 Å². The highest BCUT2D eigenvalue weighted by atomic mass is 15.3. The fourth-order valence-corrected chi connectivity index (χ4v) is 1.76. The van der Waals surface area contributed by atoms with Gasteiger partial charge in [-0.15, -0.1) is 5.10 Å². The van der Waals surface area contributed by atoms with Crippen LogP contribution in [0.4, 0.5) is 5.82 Å². The second-order valence-electron chi connectivity index (χ2n) is 5.17. The molecule has 1 aromatic rings. The van der Waals surface area contributed by atoms with Gasteiger partial charge in [-0.2, -0.15) is 10.4 Å². The summed E-state index contributed by atoms with van der Waals surface area (Å²) in [5, 5.41) is 17.1. The summed E-state index contributed by atoms with van der Waals surface area (Å²) in [7, 11) is 0. The van der Waals surface area contributed by atoms with E-state index in [4.69, 9.17) is 11.0 Å². The van der Waals surface area contributed by atoms with Crippen LogP contribution in [0, 0.1) is 16.7 Å². The lowest BCUT2D eigenvalue weighted by Crippen LogP contribution is -2.40. The van der Waals surface area contributed by atoms with Gasteiger partial charge in [0.2, 0.25) is 0 Å². The molecular weight excluding hydrogens is 226 g/mol. The van der Waals surface area contributed by atoms with E-state index >= 15 is 0 Å². The van der Waals surface area contributed by atoms with Crippen LogP contribution < -0.4 is 10.6 Å². The molecule has 0 radical (unpaired) electrons. The van der Waals surface area contributed by atoms with Gasteiger partial charge < -0.3 is 10.6 Å². The average Bonchev–Trinajstić information content (AvgIpc) is 2.38. The minimum atomic E-state index is -0.0145. The quantitative estimate of drug-likeness (QED) is 0.825. The van der Waals surface area contributed by atoms with E-state index in [1.54, 1.807) is 12.3 Å².